The molecular formula is C26H41NO2Si. The van der Waals surface area contributed by atoms with Gasteiger partial charge in [0, 0.05) is 13.0 Å². The number of rotatable bonds is 8. The highest BCUT2D eigenvalue weighted by Crippen LogP contribution is 2.44. The summed E-state index contributed by atoms with van der Waals surface area (Å²) in [5, 5.41) is 0.150. The Morgan fingerprint density at radius 1 is 1.23 bits per heavy atom. The Hall–Kier alpha value is -1.65. The van der Waals surface area contributed by atoms with Crippen LogP contribution in [0.3, 0.4) is 0 Å². The number of carbonyl (C=O) groups is 1. The normalized spacial score (nSPS) is 22.9. The summed E-state index contributed by atoms with van der Waals surface area (Å²) in [7, 11) is -0.0738. The van der Waals surface area contributed by atoms with Gasteiger partial charge in [-0.15, -0.1) is 0 Å². The number of carbonyl (C=O) groups excluding carboxylic acids is 1. The Morgan fingerprint density at radius 2 is 1.83 bits per heavy atom. The molecule has 166 valence electrons. The summed E-state index contributed by atoms with van der Waals surface area (Å²) >= 11 is 0. The van der Waals surface area contributed by atoms with E-state index in [-0.39, 0.29) is 23.1 Å². The van der Waals surface area contributed by atoms with Gasteiger partial charge in [-0.25, -0.2) is 0 Å². The molecule has 0 bridgehead atoms. The standard InChI is InChI=1S/C26H41NO2Si/c1-19(17-20(2)24(29-7)18-22-13-11-10-12-14-22)15-16-23-21(3)25(28)27(23)30(8,9)26(4,5)6/h10-17,20-21,23-24H,18H2,1-9H3/b16-15+,19-17+/t20-,21-,23-,24-/m0/s1. The Labute approximate surface area is 185 Å². The number of hydrogen-bond donors (Lipinski definition) is 0. The molecule has 4 atom stereocenters. The molecule has 1 aliphatic rings. The zero-order chi connectivity index (χ0) is 22.7. The van der Waals surface area contributed by atoms with E-state index >= 15 is 0 Å². The minimum atomic E-state index is -1.87. The second kappa shape index (κ2) is 9.65. The van der Waals surface area contributed by atoms with Crippen LogP contribution in [0.1, 0.15) is 47.1 Å². The number of benzene rings is 1. The number of hydrogen-bond acceptors (Lipinski definition) is 2. The molecular weight excluding hydrogens is 386 g/mol. The minimum absolute atomic E-state index is 0.0744. The zero-order valence-electron chi connectivity index (χ0n) is 20.4. The average Bonchev–Trinajstić information content (AvgIpc) is 2.67. The lowest BCUT2D eigenvalue weighted by Crippen LogP contribution is -2.71. The Bertz CT molecular complexity index is 776. The summed E-state index contributed by atoms with van der Waals surface area (Å²) in [6.45, 7) is 17.8. The summed E-state index contributed by atoms with van der Waals surface area (Å²) in [5.41, 5.74) is 2.52. The van der Waals surface area contributed by atoms with Gasteiger partial charge in [0.2, 0.25) is 5.91 Å². The van der Waals surface area contributed by atoms with Crippen molar-refractivity contribution in [3.8, 4) is 0 Å². The molecule has 1 aromatic carbocycles. The van der Waals surface area contributed by atoms with Crippen molar-refractivity contribution in [2.75, 3.05) is 7.11 Å². The summed E-state index contributed by atoms with van der Waals surface area (Å²) < 4.78 is 8.00. The van der Waals surface area contributed by atoms with Crippen LogP contribution < -0.4 is 0 Å². The van der Waals surface area contributed by atoms with E-state index < -0.39 is 8.24 Å². The molecule has 0 aliphatic carbocycles. The van der Waals surface area contributed by atoms with Crippen molar-refractivity contribution in [2.45, 2.75) is 78.2 Å². The van der Waals surface area contributed by atoms with E-state index in [2.05, 4.69) is 102 Å². The fourth-order valence-electron chi connectivity index (χ4n) is 4.07. The minimum Gasteiger partial charge on any atom is -0.381 e. The van der Waals surface area contributed by atoms with Gasteiger partial charge in [0.25, 0.3) is 0 Å². The van der Waals surface area contributed by atoms with Gasteiger partial charge in [0.1, 0.15) is 0 Å². The first-order chi connectivity index (χ1) is 13.9. The number of allylic oxidation sites excluding steroid dienone is 2. The maximum Gasteiger partial charge on any atom is 0.220 e. The summed E-state index contributed by atoms with van der Waals surface area (Å²) in [6.07, 6.45) is 7.77. The van der Waals surface area contributed by atoms with Crippen LogP contribution in [0.25, 0.3) is 0 Å². The lowest BCUT2D eigenvalue weighted by molar-refractivity contribution is -0.144. The highest BCUT2D eigenvalue weighted by atomic mass is 28.3. The van der Waals surface area contributed by atoms with Crippen molar-refractivity contribution in [3.05, 3.63) is 59.7 Å². The third kappa shape index (κ3) is 5.33. The molecule has 3 nitrogen and oxygen atoms in total. The van der Waals surface area contributed by atoms with Crippen LogP contribution in [0.2, 0.25) is 18.1 Å². The van der Waals surface area contributed by atoms with Crippen LogP contribution in [-0.2, 0) is 16.0 Å². The highest BCUT2D eigenvalue weighted by Gasteiger charge is 2.54. The molecule has 0 aromatic heterocycles. The third-order valence-corrected chi connectivity index (χ3v) is 12.5. The van der Waals surface area contributed by atoms with Crippen LogP contribution in [0.5, 0.6) is 0 Å². The topological polar surface area (TPSA) is 29.5 Å². The number of nitrogens with zero attached hydrogens (tertiary/aromatic N) is 1. The molecule has 0 radical (unpaired) electrons. The van der Waals surface area contributed by atoms with Crippen molar-refractivity contribution in [1.82, 2.24) is 4.57 Å². The fourth-order valence-corrected chi connectivity index (χ4v) is 6.61. The largest absolute Gasteiger partial charge is 0.381 e. The van der Waals surface area contributed by atoms with Crippen LogP contribution in [-0.4, -0.2) is 38.0 Å². The lowest BCUT2D eigenvalue weighted by Gasteiger charge is -2.57. The molecule has 1 heterocycles. The third-order valence-electron chi connectivity index (χ3n) is 7.13. The van der Waals surface area contributed by atoms with Gasteiger partial charge in [-0.3, -0.25) is 4.79 Å². The molecule has 1 amide bonds. The molecule has 0 spiro atoms. The summed E-state index contributed by atoms with van der Waals surface area (Å²) in [6, 6.07) is 10.7. The lowest BCUT2D eigenvalue weighted by atomic mass is 9.91. The van der Waals surface area contributed by atoms with E-state index in [1.165, 1.54) is 11.1 Å². The zero-order valence-corrected chi connectivity index (χ0v) is 21.4. The Kier molecular flexibility index (Phi) is 7.92. The molecule has 1 fully saturated rings. The molecule has 0 saturated carbocycles. The molecule has 30 heavy (non-hydrogen) atoms. The van der Waals surface area contributed by atoms with E-state index in [1.54, 1.807) is 7.11 Å². The van der Waals surface area contributed by atoms with Crippen LogP contribution in [0, 0.1) is 11.8 Å². The van der Waals surface area contributed by atoms with Crippen molar-refractivity contribution in [3.63, 3.8) is 0 Å². The monoisotopic (exact) mass is 427 g/mol. The molecule has 0 N–H and O–H groups in total. The molecule has 1 aliphatic heterocycles. The number of β-lactam (4-membered cyclic amide) rings is 1. The van der Waals surface area contributed by atoms with Crippen LogP contribution in [0.15, 0.2) is 54.1 Å². The van der Waals surface area contributed by atoms with Gasteiger partial charge < -0.3 is 9.30 Å². The van der Waals surface area contributed by atoms with Gasteiger partial charge >= 0.3 is 0 Å². The Morgan fingerprint density at radius 3 is 2.37 bits per heavy atom. The van der Waals surface area contributed by atoms with Crippen LogP contribution in [0.4, 0.5) is 0 Å². The van der Waals surface area contributed by atoms with Crippen molar-refractivity contribution < 1.29 is 9.53 Å². The van der Waals surface area contributed by atoms with Crippen molar-refractivity contribution in [1.29, 1.82) is 0 Å². The first kappa shape index (κ1) is 24.6. The first-order valence-electron chi connectivity index (χ1n) is 11.2. The molecule has 2 rings (SSSR count). The fraction of sp³-hybridized carbons (Fsp3) is 0.577. The maximum absolute atomic E-state index is 12.7. The number of amides is 1. The van der Waals surface area contributed by atoms with Gasteiger partial charge in [-0.1, -0.05) is 102 Å². The number of methoxy groups -OCH3 is 1. The van der Waals surface area contributed by atoms with Gasteiger partial charge in [0.05, 0.1) is 18.1 Å². The summed E-state index contributed by atoms with van der Waals surface area (Å²) in [4.78, 5) is 12.7. The van der Waals surface area contributed by atoms with Gasteiger partial charge in [0.15, 0.2) is 8.24 Å². The first-order valence-corrected chi connectivity index (χ1v) is 14.1. The average molecular weight is 428 g/mol. The molecule has 0 unspecified atom stereocenters. The van der Waals surface area contributed by atoms with Crippen molar-refractivity contribution in [2.24, 2.45) is 11.8 Å². The number of ether oxygens (including phenoxy) is 1. The molecule has 1 aromatic rings. The predicted molar refractivity (Wildman–Crippen MR) is 130 cm³/mol. The van der Waals surface area contributed by atoms with Crippen molar-refractivity contribution >= 4 is 14.1 Å². The second-order valence-electron chi connectivity index (χ2n) is 10.4. The Balaban J connectivity index is 2.10. The molecule has 4 heteroatoms. The van der Waals surface area contributed by atoms with Gasteiger partial charge in [-0.05, 0) is 23.9 Å². The van der Waals surface area contributed by atoms with E-state index in [1.807, 2.05) is 6.07 Å². The quantitative estimate of drug-likeness (QED) is 0.279. The SMILES string of the molecule is CO[C@@H](Cc1ccccc1)[C@@H](C)/C=C(C)/C=C/[C@H]1[C@H](C)C(=O)N1[Si](C)(C)C(C)(C)C. The van der Waals surface area contributed by atoms with E-state index in [9.17, 15) is 4.79 Å². The van der Waals surface area contributed by atoms with E-state index in [0.29, 0.717) is 11.8 Å². The maximum atomic E-state index is 12.7. The smallest absolute Gasteiger partial charge is 0.220 e. The van der Waals surface area contributed by atoms with Gasteiger partial charge in [-0.2, -0.15) is 0 Å². The highest BCUT2D eigenvalue weighted by molar-refractivity contribution is 6.80. The predicted octanol–water partition coefficient (Wildman–Crippen LogP) is 6.23. The molecule has 1 saturated heterocycles. The van der Waals surface area contributed by atoms with Crippen LogP contribution >= 0.6 is 0 Å². The second-order valence-corrected chi connectivity index (χ2v) is 15.5. The van der Waals surface area contributed by atoms with E-state index in [0.717, 1.165) is 6.42 Å². The summed E-state index contributed by atoms with van der Waals surface area (Å²) in [5.74, 6) is 0.691. The van der Waals surface area contributed by atoms with E-state index in [4.69, 9.17) is 4.74 Å².